The molecule has 1 aromatic heterocycles. The molecule has 1 aliphatic heterocycles. The van der Waals surface area contributed by atoms with Crippen molar-refractivity contribution in [1.82, 2.24) is 4.57 Å². The summed E-state index contributed by atoms with van der Waals surface area (Å²) in [6.45, 7) is 1.72. The largest absolute Gasteiger partial charge is 0.477 e. The van der Waals surface area contributed by atoms with Gasteiger partial charge in [0, 0.05) is 23.8 Å². The van der Waals surface area contributed by atoms with Crippen LogP contribution in [0.2, 0.25) is 0 Å². The van der Waals surface area contributed by atoms with Crippen LogP contribution < -0.4 is 10.3 Å². The molecule has 0 spiro atoms. The molecule has 4 rings (SSSR count). The number of rotatable bonds is 6. The first-order valence-corrected chi connectivity index (χ1v) is 10.1. The molecular weight excluding hydrogens is 379 g/mol. The summed E-state index contributed by atoms with van der Waals surface area (Å²) in [6.07, 6.45) is 3.52. The molecule has 1 atom stereocenters. The van der Waals surface area contributed by atoms with E-state index in [0.29, 0.717) is 30.6 Å². The lowest BCUT2D eigenvalue weighted by molar-refractivity contribution is 0.0693. The first-order valence-electron chi connectivity index (χ1n) is 10.1. The van der Waals surface area contributed by atoms with Gasteiger partial charge in [0.1, 0.15) is 11.4 Å². The van der Waals surface area contributed by atoms with Crippen molar-refractivity contribution in [3.63, 3.8) is 0 Å². The van der Waals surface area contributed by atoms with E-state index in [9.17, 15) is 24.9 Å². The van der Waals surface area contributed by atoms with Gasteiger partial charge in [0.25, 0.3) is 0 Å². The van der Waals surface area contributed by atoms with Crippen LogP contribution in [-0.2, 0) is 13.0 Å². The molecule has 0 amide bonds. The van der Waals surface area contributed by atoms with Crippen LogP contribution in [-0.4, -0.2) is 45.0 Å². The van der Waals surface area contributed by atoms with Gasteiger partial charge in [-0.2, -0.15) is 0 Å². The highest BCUT2D eigenvalue weighted by Gasteiger charge is 2.35. The van der Waals surface area contributed by atoms with Crippen molar-refractivity contribution in [2.75, 3.05) is 18.1 Å². The zero-order valence-corrected chi connectivity index (χ0v) is 16.3. The van der Waals surface area contributed by atoms with Gasteiger partial charge in [-0.3, -0.25) is 4.79 Å². The van der Waals surface area contributed by atoms with Gasteiger partial charge in [0.05, 0.1) is 35.8 Å². The van der Waals surface area contributed by atoms with Crippen LogP contribution in [0, 0.1) is 5.82 Å². The van der Waals surface area contributed by atoms with Crippen molar-refractivity contribution in [2.45, 2.75) is 57.7 Å². The number of aromatic nitrogens is 1. The molecule has 8 heteroatoms. The Kier molecular flexibility index (Phi) is 5.08. The van der Waals surface area contributed by atoms with Crippen molar-refractivity contribution >= 4 is 22.6 Å². The highest BCUT2D eigenvalue weighted by Crippen LogP contribution is 2.42. The number of carbonyl (C=O) groups is 1. The summed E-state index contributed by atoms with van der Waals surface area (Å²) in [4.78, 5) is 26.6. The molecule has 2 fully saturated rings. The van der Waals surface area contributed by atoms with E-state index >= 15 is 4.39 Å². The minimum Gasteiger partial charge on any atom is -0.477 e. The zero-order chi connectivity index (χ0) is 20.9. The average Bonchev–Trinajstić information content (AvgIpc) is 3.43. The Morgan fingerprint density at radius 1 is 1.28 bits per heavy atom. The highest BCUT2D eigenvalue weighted by molar-refractivity contribution is 5.96. The lowest BCUT2D eigenvalue weighted by Gasteiger charge is -2.30. The molecule has 1 saturated carbocycles. The van der Waals surface area contributed by atoms with E-state index in [0.717, 1.165) is 25.3 Å². The van der Waals surface area contributed by atoms with Crippen LogP contribution in [0.15, 0.2) is 10.9 Å². The third-order valence-electron chi connectivity index (χ3n) is 6.11. The Morgan fingerprint density at radius 3 is 2.55 bits per heavy atom. The van der Waals surface area contributed by atoms with Gasteiger partial charge in [0.15, 0.2) is 0 Å². The first kappa shape index (κ1) is 19.8. The molecule has 0 bridgehead atoms. The molecule has 1 aromatic carbocycles. The first-order chi connectivity index (χ1) is 13.9. The number of benzene rings is 1. The van der Waals surface area contributed by atoms with Crippen LogP contribution in [0.25, 0.3) is 10.9 Å². The Labute approximate surface area is 167 Å². The number of fused-ring (bicyclic) bond motifs is 1. The number of aromatic carboxylic acids is 1. The molecule has 0 radical (unpaired) electrons. The predicted molar refractivity (Wildman–Crippen MR) is 106 cm³/mol. The SMILES string of the molecule is CCc1c(C(=O)O)c(=O)c2cc(F)c(N3CCCC3CO)c(CO)c2n1C1CC1. The molecule has 29 heavy (non-hydrogen) atoms. The molecule has 2 heterocycles. The van der Waals surface area contributed by atoms with Crippen LogP contribution in [0.3, 0.4) is 0 Å². The number of anilines is 1. The number of halogens is 1. The van der Waals surface area contributed by atoms with Gasteiger partial charge >= 0.3 is 5.97 Å². The fourth-order valence-electron chi connectivity index (χ4n) is 4.74. The van der Waals surface area contributed by atoms with Crippen molar-refractivity contribution in [3.8, 4) is 0 Å². The lowest BCUT2D eigenvalue weighted by atomic mass is 9.99. The second kappa shape index (κ2) is 7.42. The number of nitrogens with zero attached hydrogens (tertiary/aromatic N) is 2. The third-order valence-corrected chi connectivity index (χ3v) is 6.11. The predicted octanol–water partition coefficient (Wildman–Crippen LogP) is 2.19. The molecule has 3 N–H and O–H groups in total. The van der Waals surface area contributed by atoms with E-state index in [1.165, 1.54) is 0 Å². The normalized spacial score (nSPS) is 19.3. The second-order valence-corrected chi connectivity index (χ2v) is 7.82. The molecule has 156 valence electrons. The lowest BCUT2D eigenvalue weighted by Crippen LogP contribution is -2.34. The fraction of sp³-hybridized carbons (Fsp3) is 0.524. The molecule has 1 unspecified atom stereocenters. The average molecular weight is 404 g/mol. The number of hydrogen-bond acceptors (Lipinski definition) is 5. The third kappa shape index (κ3) is 3.02. The van der Waals surface area contributed by atoms with Crippen molar-refractivity contribution in [2.24, 2.45) is 0 Å². The van der Waals surface area contributed by atoms with E-state index < -0.39 is 23.8 Å². The van der Waals surface area contributed by atoms with Crippen LogP contribution in [0.4, 0.5) is 10.1 Å². The number of pyridine rings is 1. The van der Waals surface area contributed by atoms with Gasteiger partial charge in [0.2, 0.25) is 5.43 Å². The van der Waals surface area contributed by atoms with Crippen LogP contribution >= 0.6 is 0 Å². The minimum atomic E-state index is -1.32. The Hall–Kier alpha value is -2.45. The van der Waals surface area contributed by atoms with Crippen LogP contribution in [0.5, 0.6) is 0 Å². The van der Waals surface area contributed by atoms with E-state index in [4.69, 9.17) is 0 Å². The van der Waals surface area contributed by atoms with Gasteiger partial charge in [-0.25, -0.2) is 9.18 Å². The zero-order valence-electron chi connectivity index (χ0n) is 16.3. The number of carboxylic acid groups (broad SMARTS) is 1. The number of carboxylic acids is 1. The summed E-state index contributed by atoms with van der Waals surface area (Å²) in [6, 6.07) is 0.878. The molecular formula is C21H25FN2O5. The maximum atomic E-state index is 15.2. The maximum absolute atomic E-state index is 15.2. The summed E-state index contributed by atoms with van der Waals surface area (Å²) in [5.41, 5.74) is 0.275. The van der Waals surface area contributed by atoms with E-state index in [1.807, 2.05) is 4.57 Å². The van der Waals surface area contributed by atoms with E-state index in [2.05, 4.69) is 0 Å². The molecule has 2 aromatic rings. The summed E-state index contributed by atoms with van der Waals surface area (Å²) >= 11 is 0. The van der Waals surface area contributed by atoms with Crippen LogP contribution in [0.1, 0.15) is 60.3 Å². The molecule has 1 saturated heterocycles. The fourth-order valence-corrected chi connectivity index (χ4v) is 4.74. The summed E-state index contributed by atoms with van der Waals surface area (Å²) in [5.74, 6) is -2.00. The quantitative estimate of drug-likeness (QED) is 0.682. The van der Waals surface area contributed by atoms with E-state index in [1.54, 1.807) is 11.8 Å². The van der Waals surface area contributed by atoms with Crippen molar-refractivity contribution in [3.05, 3.63) is 38.9 Å². The van der Waals surface area contributed by atoms with Crippen molar-refractivity contribution in [1.29, 1.82) is 0 Å². The second-order valence-electron chi connectivity index (χ2n) is 7.82. The maximum Gasteiger partial charge on any atom is 0.341 e. The summed E-state index contributed by atoms with van der Waals surface area (Å²) in [7, 11) is 0. The minimum absolute atomic E-state index is 0.0171. The smallest absolute Gasteiger partial charge is 0.341 e. The van der Waals surface area contributed by atoms with E-state index in [-0.39, 0.29) is 40.9 Å². The summed E-state index contributed by atoms with van der Waals surface area (Å²) in [5, 5.41) is 29.6. The monoisotopic (exact) mass is 404 g/mol. The number of aliphatic hydroxyl groups is 2. The standard InChI is InChI=1S/C21H25FN2O5/c1-2-16-17(21(28)29)20(27)13-8-15(22)19(23-7-3-4-12(23)9-25)14(10-26)18(13)24(16)11-5-6-11/h8,11-12,25-26H,2-7,9-10H2,1H3,(H,28,29). The van der Waals surface area contributed by atoms with Gasteiger partial charge < -0.3 is 24.8 Å². The Balaban J connectivity index is 2.14. The van der Waals surface area contributed by atoms with Gasteiger partial charge in [-0.15, -0.1) is 0 Å². The van der Waals surface area contributed by atoms with Crippen molar-refractivity contribution < 1.29 is 24.5 Å². The Morgan fingerprint density at radius 2 is 2.00 bits per heavy atom. The molecule has 1 aliphatic carbocycles. The summed E-state index contributed by atoms with van der Waals surface area (Å²) < 4.78 is 17.1. The number of hydrogen-bond donors (Lipinski definition) is 3. The van der Waals surface area contributed by atoms with Gasteiger partial charge in [-0.05, 0) is 38.2 Å². The molecule has 2 aliphatic rings. The Bertz CT molecular complexity index is 1040. The molecule has 7 nitrogen and oxygen atoms in total. The number of aliphatic hydroxyl groups excluding tert-OH is 2. The topological polar surface area (TPSA) is 103 Å². The highest BCUT2D eigenvalue weighted by atomic mass is 19.1. The van der Waals surface area contributed by atoms with Gasteiger partial charge in [-0.1, -0.05) is 6.92 Å².